The Morgan fingerprint density at radius 3 is 2.33 bits per heavy atom. The molecular formula is C30H34N4O8S. The molecule has 3 amide bonds. The van der Waals surface area contributed by atoms with E-state index >= 15 is 0 Å². The van der Waals surface area contributed by atoms with Gasteiger partial charge in [-0.3, -0.25) is 19.2 Å². The summed E-state index contributed by atoms with van der Waals surface area (Å²) in [6.07, 6.45) is 2.95. The predicted molar refractivity (Wildman–Crippen MR) is 154 cm³/mol. The number of fused-ring (bicyclic) bond motifs is 1. The highest BCUT2D eigenvalue weighted by Gasteiger charge is 2.48. The van der Waals surface area contributed by atoms with Crippen LogP contribution < -0.4 is 10.6 Å². The molecule has 43 heavy (non-hydrogen) atoms. The average Bonchev–Trinajstić information content (AvgIpc) is 3.35. The van der Waals surface area contributed by atoms with E-state index in [0.29, 0.717) is 12.0 Å². The van der Waals surface area contributed by atoms with Gasteiger partial charge in [-0.25, -0.2) is 8.42 Å². The van der Waals surface area contributed by atoms with Gasteiger partial charge in [0.05, 0.1) is 11.3 Å². The standard InChI is InChI=1S/C30H34N4O8S/c1-2-41-30-24(17-26(35)42-30)32-28(37)25-19-33(43(39,40)22-14-7-4-8-15-22)18-21-13-9-10-16-23(29(38)34(21)25)31-27(36)20-11-5-3-6-12-20/h3-12,14-15,21,23-25,30H,2,13,16-19H2,1H3,(H,31,36)(H,32,37)/t21-,23-,24?,25-,30?/m0/s1. The summed E-state index contributed by atoms with van der Waals surface area (Å²) in [5, 5.41) is 5.55. The third-order valence-corrected chi connectivity index (χ3v) is 9.51. The lowest BCUT2D eigenvalue weighted by molar-refractivity contribution is -0.165. The zero-order valence-electron chi connectivity index (χ0n) is 23.6. The molecule has 2 aromatic rings. The number of carbonyl (C=O) groups excluding carboxylic acids is 4. The minimum absolute atomic E-state index is 0.0525. The molecule has 0 saturated carbocycles. The lowest BCUT2D eigenvalue weighted by atomic mass is 9.97. The maximum Gasteiger partial charge on any atom is 0.310 e. The number of rotatable bonds is 8. The highest BCUT2D eigenvalue weighted by Crippen LogP contribution is 2.28. The molecule has 2 saturated heterocycles. The maximum atomic E-state index is 14.1. The third kappa shape index (κ3) is 6.63. The number of ether oxygens (including phenoxy) is 2. The Morgan fingerprint density at radius 2 is 1.63 bits per heavy atom. The van der Waals surface area contributed by atoms with Crippen molar-refractivity contribution in [3.63, 3.8) is 0 Å². The molecule has 0 aromatic heterocycles. The molecule has 0 radical (unpaired) electrons. The van der Waals surface area contributed by atoms with E-state index < -0.39 is 64.2 Å². The van der Waals surface area contributed by atoms with Crippen molar-refractivity contribution in [1.82, 2.24) is 19.8 Å². The molecule has 0 spiro atoms. The van der Waals surface area contributed by atoms with E-state index in [2.05, 4.69) is 10.6 Å². The molecule has 3 aliphatic rings. The number of piperazine rings is 1. The molecule has 13 heteroatoms. The van der Waals surface area contributed by atoms with E-state index in [0.717, 1.165) is 0 Å². The molecule has 12 nitrogen and oxygen atoms in total. The van der Waals surface area contributed by atoms with Crippen molar-refractivity contribution >= 4 is 33.7 Å². The van der Waals surface area contributed by atoms with E-state index in [1.165, 1.54) is 21.3 Å². The Balaban J connectivity index is 1.46. The van der Waals surface area contributed by atoms with Crippen LogP contribution in [-0.2, 0) is 33.9 Å². The number of carbonyl (C=O) groups is 4. The fourth-order valence-electron chi connectivity index (χ4n) is 5.57. The van der Waals surface area contributed by atoms with Crippen LogP contribution in [-0.4, -0.2) is 91.5 Å². The van der Waals surface area contributed by atoms with Crippen LogP contribution in [0.2, 0.25) is 0 Å². The average molecular weight is 611 g/mol. The van der Waals surface area contributed by atoms with Gasteiger partial charge >= 0.3 is 5.97 Å². The molecule has 2 aromatic carbocycles. The summed E-state index contributed by atoms with van der Waals surface area (Å²) < 4.78 is 39.2. The molecule has 0 bridgehead atoms. The fraction of sp³-hybridized carbons (Fsp3) is 0.400. The predicted octanol–water partition coefficient (Wildman–Crippen LogP) is 1.20. The molecule has 2 fully saturated rings. The van der Waals surface area contributed by atoms with Crippen molar-refractivity contribution in [2.45, 2.75) is 61.5 Å². The minimum Gasteiger partial charge on any atom is -0.433 e. The second-order valence-electron chi connectivity index (χ2n) is 10.5. The first-order chi connectivity index (χ1) is 20.7. The van der Waals surface area contributed by atoms with Crippen LogP contribution in [0.25, 0.3) is 0 Å². The summed E-state index contributed by atoms with van der Waals surface area (Å²) in [7, 11) is -4.02. The first-order valence-corrected chi connectivity index (χ1v) is 15.6. The number of amides is 3. The summed E-state index contributed by atoms with van der Waals surface area (Å²) in [6.45, 7) is 1.58. The van der Waals surface area contributed by atoms with Gasteiger partial charge in [0.25, 0.3) is 5.91 Å². The second-order valence-corrected chi connectivity index (χ2v) is 12.5. The first kappa shape index (κ1) is 30.4. The smallest absolute Gasteiger partial charge is 0.310 e. The number of sulfonamides is 1. The molecule has 0 aliphatic carbocycles. The lowest BCUT2D eigenvalue weighted by Gasteiger charge is -2.47. The highest BCUT2D eigenvalue weighted by molar-refractivity contribution is 7.89. The monoisotopic (exact) mass is 610 g/mol. The van der Waals surface area contributed by atoms with Gasteiger partial charge in [-0.1, -0.05) is 48.6 Å². The third-order valence-electron chi connectivity index (χ3n) is 7.67. The summed E-state index contributed by atoms with van der Waals surface area (Å²) >= 11 is 0. The van der Waals surface area contributed by atoms with Crippen LogP contribution in [0.3, 0.4) is 0 Å². The van der Waals surface area contributed by atoms with Crippen molar-refractivity contribution in [3.8, 4) is 0 Å². The molecular weight excluding hydrogens is 576 g/mol. The summed E-state index contributed by atoms with van der Waals surface area (Å²) in [4.78, 5) is 54.5. The van der Waals surface area contributed by atoms with Gasteiger partial charge in [-0.15, -0.1) is 0 Å². The largest absolute Gasteiger partial charge is 0.433 e. The van der Waals surface area contributed by atoms with Gasteiger partial charge in [-0.2, -0.15) is 4.31 Å². The molecule has 3 heterocycles. The molecule has 2 N–H and O–H groups in total. The summed E-state index contributed by atoms with van der Waals surface area (Å²) in [6, 6.07) is 12.6. The number of nitrogens with zero attached hydrogens (tertiary/aromatic N) is 2. The number of esters is 1. The Hall–Kier alpha value is -4.07. The summed E-state index contributed by atoms with van der Waals surface area (Å²) in [5.74, 6) is -2.15. The van der Waals surface area contributed by atoms with Crippen LogP contribution in [0.1, 0.15) is 36.5 Å². The fourth-order valence-corrected chi connectivity index (χ4v) is 7.07. The van der Waals surface area contributed by atoms with Crippen LogP contribution in [0.4, 0.5) is 0 Å². The Labute approximate surface area is 250 Å². The number of hydrogen-bond acceptors (Lipinski definition) is 8. The number of hydrogen-bond donors (Lipinski definition) is 2. The van der Waals surface area contributed by atoms with Gasteiger partial charge in [-0.05, 0) is 44.0 Å². The molecule has 3 aliphatic heterocycles. The van der Waals surface area contributed by atoms with E-state index in [1.54, 1.807) is 61.5 Å². The van der Waals surface area contributed by atoms with Crippen LogP contribution in [0, 0.1) is 0 Å². The van der Waals surface area contributed by atoms with Crippen molar-refractivity contribution in [2.75, 3.05) is 19.7 Å². The van der Waals surface area contributed by atoms with E-state index in [-0.39, 0.29) is 37.4 Å². The van der Waals surface area contributed by atoms with Gasteiger partial charge in [0.2, 0.25) is 28.1 Å². The number of cyclic esters (lactones) is 1. The maximum absolute atomic E-state index is 14.1. The van der Waals surface area contributed by atoms with Crippen molar-refractivity contribution in [2.24, 2.45) is 0 Å². The van der Waals surface area contributed by atoms with Crippen LogP contribution in [0.15, 0.2) is 77.7 Å². The van der Waals surface area contributed by atoms with Gasteiger partial charge in [0.15, 0.2) is 0 Å². The van der Waals surface area contributed by atoms with E-state index in [9.17, 15) is 27.6 Å². The highest BCUT2D eigenvalue weighted by atomic mass is 32.2. The second kappa shape index (κ2) is 13.1. The topological polar surface area (TPSA) is 151 Å². The van der Waals surface area contributed by atoms with Crippen LogP contribution in [0.5, 0.6) is 0 Å². The van der Waals surface area contributed by atoms with E-state index in [1.807, 2.05) is 6.08 Å². The quantitative estimate of drug-likeness (QED) is 0.334. The van der Waals surface area contributed by atoms with Crippen LogP contribution >= 0.6 is 0 Å². The van der Waals surface area contributed by atoms with Crippen molar-refractivity contribution < 1.29 is 37.1 Å². The van der Waals surface area contributed by atoms with Gasteiger partial charge in [0.1, 0.15) is 18.1 Å². The van der Waals surface area contributed by atoms with Gasteiger partial charge in [0, 0.05) is 31.3 Å². The molecule has 2 unspecified atom stereocenters. The normalized spacial score (nSPS) is 26.2. The molecule has 5 rings (SSSR count). The Kier molecular flexibility index (Phi) is 9.23. The Bertz CT molecular complexity index is 1480. The van der Waals surface area contributed by atoms with Gasteiger partial charge < -0.3 is 25.0 Å². The Morgan fingerprint density at radius 1 is 0.953 bits per heavy atom. The molecule has 5 atom stereocenters. The van der Waals surface area contributed by atoms with Crippen molar-refractivity contribution in [3.05, 3.63) is 78.4 Å². The number of benzene rings is 2. The van der Waals surface area contributed by atoms with E-state index in [4.69, 9.17) is 9.47 Å². The first-order valence-electron chi connectivity index (χ1n) is 14.2. The zero-order chi connectivity index (χ0) is 30.6. The van der Waals surface area contributed by atoms with Crippen molar-refractivity contribution in [1.29, 1.82) is 0 Å². The zero-order valence-corrected chi connectivity index (χ0v) is 24.4. The SMILES string of the molecule is CCOC1OC(=O)CC1NC(=O)[C@@H]1CN(S(=O)(=O)c2ccccc2)C[C@@H]2CC=CC[C@H](NC(=O)c3ccccc3)C(=O)N21. The lowest BCUT2D eigenvalue weighted by Crippen LogP contribution is -2.68. The minimum atomic E-state index is -4.02. The number of nitrogens with one attached hydrogen (secondary N) is 2. The summed E-state index contributed by atoms with van der Waals surface area (Å²) in [5.41, 5.74) is 0.374. The molecule has 228 valence electrons.